The SMILES string of the molecule is c1ccc(-c2nc(-c3ccc(-c4cc5ccccc5c5c4ccc4ccccc45)cc3)nc(-c3cccc4c(-c5cccc6oc7ccccc7c56)cccc34)n2)cc1. The van der Waals surface area contributed by atoms with Crippen LogP contribution in [0.2, 0.25) is 0 Å². The summed E-state index contributed by atoms with van der Waals surface area (Å²) in [6.07, 6.45) is 0. The van der Waals surface area contributed by atoms with E-state index >= 15 is 0 Å². The number of fused-ring (bicyclic) bond motifs is 9. The summed E-state index contributed by atoms with van der Waals surface area (Å²) < 4.78 is 6.29. The highest BCUT2D eigenvalue weighted by molar-refractivity contribution is 6.24. The molecule has 2 heterocycles. The molecule has 2 aromatic heterocycles. The molecule has 12 aromatic rings. The Morgan fingerprint density at radius 1 is 0.271 bits per heavy atom. The van der Waals surface area contributed by atoms with Gasteiger partial charge in [0, 0.05) is 27.5 Å². The van der Waals surface area contributed by atoms with Gasteiger partial charge in [0.05, 0.1) is 0 Å². The summed E-state index contributed by atoms with van der Waals surface area (Å²) in [5.41, 5.74) is 9.15. The van der Waals surface area contributed by atoms with Gasteiger partial charge >= 0.3 is 0 Å². The number of nitrogens with zero attached hydrogens (tertiary/aromatic N) is 3. The van der Waals surface area contributed by atoms with Gasteiger partial charge in [0.1, 0.15) is 11.2 Å². The molecule has 0 saturated heterocycles. The van der Waals surface area contributed by atoms with Gasteiger partial charge in [-0.3, -0.25) is 0 Å². The maximum atomic E-state index is 6.29. The number of para-hydroxylation sites is 1. The summed E-state index contributed by atoms with van der Waals surface area (Å²) in [6, 6.07) is 70.5. The molecule has 274 valence electrons. The Bertz CT molecular complexity index is 3590. The molecule has 0 aliphatic carbocycles. The molecule has 12 rings (SSSR count). The molecule has 0 radical (unpaired) electrons. The molecule has 0 fully saturated rings. The Balaban J connectivity index is 1.01. The van der Waals surface area contributed by atoms with E-state index in [1.165, 1.54) is 37.9 Å². The molecular weight excluding hydrogens is 719 g/mol. The van der Waals surface area contributed by atoms with Crippen LogP contribution in [-0.4, -0.2) is 15.0 Å². The first kappa shape index (κ1) is 33.2. The topological polar surface area (TPSA) is 51.8 Å². The van der Waals surface area contributed by atoms with Gasteiger partial charge in [-0.2, -0.15) is 0 Å². The van der Waals surface area contributed by atoms with E-state index in [9.17, 15) is 0 Å². The maximum absolute atomic E-state index is 6.29. The zero-order valence-corrected chi connectivity index (χ0v) is 31.8. The van der Waals surface area contributed by atoms with Crippen LogP contribution in [0.1, 0.15) is 0 Å². The Labute approximate surface area is 339 Å². The van der Waals surface area contributed by atoms with Gasteiger partial charge < -0.3 is 4.42 Å². The van der Waals surface area contributed by atoms with Gasteiger partial charge in [-0.1, -0.05) is 182 Å². The Morgan fingerprint density at radius 3 is 1.61 bits per heavy atom. The molecule has 4 heteroatoms. The molecule has 0 aliphatic heterocycles. The fourth-order valence-electron chi connectivity index (χ4n) is 8.99. The zero-order valence-electron chi connectivity index (χ0n) is 31.8. The number of benzene rings is 10. The smallest absolute Gasteiger partial charge is 0.164 e. The van der Waals surface area contributed by atoms with Gasteiger partial charge in [0.15, 0.2) is 17.5 Å². The van der Waals surface area contributed by atoms with E-state index < -0.39 is 0 Å². The van der Waals surface area contributed by atoms with Crippen molar-refractivity contribution in [3.05, 3.63) is 200 Å². The lowest BCUT2D eigenvalue weighted by atomic mass is 9.90. The predicted molar refractivity (Wildman–Crippen MR) is 244 cm³/mol. The van der Waals surface area contributed by atoms with Crippen molar-refractivity contribution in [2.45, 2.75) is 0 Å². The normalized spacial score (nSPS) is 11.7. The van der Waals surface area contributed by atoms with Gasteiger partial charge in [-0.25, -0.2) is 15.0 Å². The largest absolute Gasteiger partial charge is 0.456 e. The molecule has 0 aliphatic rings. The number of hydrogen-bond acceptors (Lipinski definition) is 4. The zero-order chi connectivity index (χ0) is 38.9. The van der Waals surface area contributed by atoms with Crippen molar-refractivity contribution in [1.29, 1.82) is 0 Å². The quantitative estimate of drug-likeness (QED) is 0.164. The summed E-state index contributed by atoms with van der Waals surface area (Å²) in [5, 5.41) is 11.9. The number of aromatic nitrogens is 3. The minimum absolute atomic E-state index is 0.623. The Kier molecular flexibility index (Phi) is 7.50. The third-order valence-corrected chi connectivity index (χ3v) is 11.7. The third kappa shape index (κ3) is 5.42. The van der Waals surface area contributed by atoms with E-state index in [-0.39, 0.29) is 0 Å². The summed E-state index contributed by atoms with van der Waals surface area (Å²) >= 11 is 0. The Morgan fingerprint density at radius 2 is 0.814 bits per heavy atom. The van der Waals surface area contributed by atoms with Crippen LogP contribution in [0.5, 0.6) is 0 Å². The Hall–Kier alpha value is -7.95. The van der Waals surface area contributed by atoms with Crippen molar-refractivity contribution < 1.29 is 4.42 Å². The monoisotopic (exact) mass is 751 g/mol. The van der Waals surface area contributed by atoms with Crippen LogP contribution in [0, 0.1) is 0 Å². The van der Waals surface area contributed by atoms with Crippen molar-refractivity contribution in [2.24, 2.45) is 0 Å². The van der Waals surface area contributed by atoms with Crippen molar-refractivity contribution >= 4 is 65.0 Å². The molecule has 0 spiro atoms. The molecule has 4 nitrogen and oxygen atoms in total. The maximum Gasteiger partial charge on any atom is 0.164 e. The van der Waals surface area contributed by atoms with Crippen LogP contribution in [0.4, 0.5) is 0 Å². The standard InChI is InChI=1S/C55H33N3O/c1-2-14-36(15-3-1)53-56-54(37-29-27-35(28-30-37)48-33-38-16-5-7-18-40(38)51-39-17-6-4-13-34(39)31-32-45(48)51)58-55(57-53)46-24-11-20-41-42(21-10-22-43(41)46)44-23-12-26-50-52(44)47-19-8-9-25-49(47)59-50/h1-33H. The van der Waals surface area contributed by atoms with Crippen molar-refractivity contribution in [3.63, 3.8) is 0 Å². The van der Waals surface area contributed by atoms with Gasteiger partial charge in [0.25, 0.3) is 0 Å². The lowest BCUT2D eigenvalue weighted by Gasteiger charge is -2.14. The lowest BCUT2D eigenvalue weighted by molar-refractivity contribution is 0.669. The highest BCUT2D eigenvalue weighted by Gasteiger charge is 2.19. The lowest BCUT2D eigenvalue weighted by Crippen LogP contribution is -2.00. The first-order chi connectivity index (χ1) is 29.2. The van der Waals surface area contributed by atoms with Crippen LogP contribution < -0.4 is 0 Å². The summed E-state index contributed by atoms with van der Waals surface area (Å²) in [7, 11) is 0. The average Bonchev–Trinajstić information content (AvgIpc) is 3.70. The third-order valence-electron chi connectivity index (χ3n) is 11.7. The van der Waals surface area contributed by atoms with Crippen LogP contribution in [-0.2, 0) is 0 Å². The number of rotatable bonds is 5. The highest BCUT2D eigenvalue weighted by Crippen LogP contribution is 2.42. The van der Waals surface area contributed by atoms with Crippen LogP contribution in [0.3, 0.4) is 0 Å². The highest BCUT2D eigenvalue weighted by atomic mass is 16.3. The van der Waals surface area contributed by atoms with Crippen LogP contribution >= 0.6 is 0 Å². The van der Waals surface area contributed by atoms with Gasteiger partial charge in [-0.15, -0.1) is 0 Å². The molecule has 0 unspecified atom stereocenters. The van der Waals surface area contributed by atoms with E-state index in [2.05, 4.69) is 164 Å². The first-order valence-corrected chi connectivity index (χ1v) is 19.9. The summed E-state index contributed by atoms with van der Waals surface area (Å²) in [5.74, 6) is 1.88. The second-order valence-corrected chi connectivity index (χ2v) is 15.1. The number of hydrogen-bond donors (Lipinski definition) is 0. The van der Waals surface area contributed by atoms with Crippen molar-refractivity contribution in [1.82, 2.24) is 15.0 Å². The van der Waals surface area contributed by atoms with Gasteiger partial charge in [-0.05, 0) is 83.5 Å². The molecule has 0 atom stereocenters. The van der Waals surface area contributed by atoms with Crippen molar-refractivity contribution in [2.75, 3.05) is 0 Å². The molecule has 0 saturated carbocycles. The molecule has 0 amide bonds. The fourth-order valence-corrected chi connectivity index (χ4v) is 8.99. The molecule has 10 aromatic carbocycles. The predicted octanol–water partition coefficient (Wildman–Crippen LogP) is 14.7. The minimum Gasteiger partial charge on any atom is -0.456 e. The van der Waals surface area contributed by atoms with E-state index in [1.54, 1.807) is 0 Å². The molecule has 0 N–H and O–H groups in total. The van der Waals surface area contributed by atoms with Crippen LogP contribution in [0.15, 0.2) is 205 Å². The fraction of sp³-hybridized carbons (Fsp3) is 0. The molecule has 0 bridgehead atoms. The summed E-state index contributed by atoms with van der Waals surface area (Å²) in [6.45, 7) is 0. The molecule has 59 heavy (non-hydrogen) atoms. The molecular formula is C55H33N3O. The second kappa shape index (κ2) is 13.3. The van der Waals surface area contributed by atoms with E-state index in [0.29, 0.717) is 17.5 Å². The van der Waals surface area contributed by atoms with Crippen LogP contribution in [0.25, 0.3) is 121 Å². The van der Waals surface area contributed by atoms with Crippen molar-refractivity contribution in [3.8, 4) is 56.4 Å². The number of furan rings is 1. The van der Waals surface area contributed by atoms with Gasteiger partial charge in [0.2, 0.25) is 0 Å². The van der Waals surface area contributed by atoms with E-state index in [0.717, 1.165) is 66.1 Å². The van der Waals surface area contributed by atoms with E-state index in [4.69, 9.17) is 19.4 Å². The second-order valence-electron chi connectivity index (χ2n) is 15.1. The first-order valence-electron chi connectivity index (χ1n) is 19.9. The average molecular weight is 752 g/mol. The van der Waals surface area contributed by atoms with E-state index in [1.807, 2.05) is 36.4 Å². The minimum atomic E-state index is 0.623. The summed E-state index contributed by atoms with van der Waals surface area (Å²) in [4.78, 5) is 15.5.